The van der Waals surface area contributed by atoms with Gasteiger partial charge >= 0.3 is 0 Å². The second-order valence-corrected chi connectivity index (χ2v) is 9.73. The van der Waals surface area contributed by atoms with Crippen molar-refractivity contribution in [1.82, 2.24) is 4.90 Å². The molecule has 8 nitrogen and oxygen atoms in total. The largest absolute Gasteiger partial charge is 0.495 e. The van der Waals surface area contributed by atoms with Crippen molar-refractivity contribution < 1.29 is 27.4 Å². The maximum atomic E-state index is 13.1. The Balaban J connectivity index is 1.51. The van der Waals surface area contributed by atoms with E-state index in [0.29, 0.717) is 37.6 Å². The fourth-order valence-corrected chi connectivity index (χ4v) is 5.31. The molecule has 2 aromatic carbocycles. The summed E-state index contributed by atoms with van der Waals surface area (Å²) in [4.78, 5) is 14.8. The van der Waals surface area contributed by atoms with E-state index in [-0.39, 0.29) is 28.8 Å². The third kappa shape index (κ3) is 4.90. The normalized spacial score (nSPS) is 18.0. The summed E-state index contributed by atoms with van der Waals surface area (Å²) in [5.74, 6) is 0.244. The Morgan fingerprint density at radius 3 is 2.34 bits per heavy atom. The van der Waals surface area contributed by atoms with E-state index in [0.717, 1.165) is 18.4 Å². The topological polar surface area (TPSA) is 94.2 Å². The van der Waals surface area contributed by atoms with Crippen molar-refractivity contribution in [3.8, 4) is 5.75 Å². The molecule has 2 saturated heterocycles. The summed E-state index contributed by atoms with van der Waals surface area (Å²) < 4.78 is 45.1. The van der Waals surface area contributed by atoms with Gasteiger partial charge in [-0.3, -0.25) is 9.52 Å². The van der Waals surface area contributed by atoms with Crippen LogP contribution in [0.3, 0.4) is 0 Å². The van der Waals surface area contributed by atoms with E-state index in [1.165, 1.54) is 19.2 Å². The van der Waals surface area contributed by atoms with Crippen molar-refractivity contribution >= 4 is 21.6 Å². The van der Waals surface area contributed by atoms with Gasteiger partial charge < -0.3 is 19.1 Å². The fraction of sp³-hybridized carbons (Fsp3) is 0.435. The summed E-state index contributed by atoms with van der Waals surface area (Å²) in [6.07, 6.45) is 1.39. The Bertz CT molecular complexity index is 1060. The highest BCUT2D eigenvalue weighted by atomic mass is 32.2. The minimum Gasteiger partial charge on any atom is -0.495 e. The molecule has 172 valence electrons. The van der Waals surface area contributed by atoms with Gasteiger partial charge in [-0.05, 0) is 50.1 Å². The molecule has 2 fully saturated rings. The Kier molecular flexibility index (Phi) is 6.68. The van der Waals surface area contributed by atoms with Gasteiger partial charge in [-0.15, -0.1) is 0 Å². The third-order valence-corrected chi connectivity index (χ3v) is 7.27. The molecular weight excluding hydrogens is 432 g/mol. The number of nitrogens with one attached hydrogen (secondary N) is 1. The number of hydrogen-bond acceptors (Lipinski definition) is 6. The van der Waals surface area contributed by atoms with Crippen LogP contribution in [0, 0.1) is 12.8 Å². The Hall–Kier alpha value is -2.62. The molecule has 2 heterocycles. The number of anilines is 1. The van der Waals surface area contributed by atoms with Crippen molar-refractivity contribution in [2.24, 2.45) is 5.92 Å². The lowest BCUT2D eigenvalue weighted by Gasteiger charge is -2.34. The maximum Gasteiger partial charge on any atom is 0.265 e. The molecule has 0 aromatic heterocycles. The number of likely N-dealkylation sites (tertiary alicyclic amines) is 1. The maximum absolute atomic E-state index is 13.1. The zero-order chi connectivity index (χ0) is 22.7. The number of rotatable bonds is 6. The van der Waals surface area contributed by atoms with Crippen LogP contribution in [0.1, 0.15) is 28.8 Å². The smallest absolute Gasteiger partial charge is 0.265 e. The highest BCUT2D eigenvalue weighted by Crippen LogP contribution is 2.30. The van der Waals surface area contributed by atoms with Crippen LogP contribution >= 0.6 is 0 Å². The second kappa shape index (κ2) is 9.48. The molecule has 0 bridgehead atoms. The monoisotopic (exact) mass is 460 g/mol. The minimum atomic E-state index is -3.95. The quantitative estimate of drug-likeness (QED) is 0.712. The zero-order valence-corrected chi connectivity index (χ0v) is 19.1. The van der Waals surface area contributed by atoms with Gasteiger partial charge in [-0.2, -0.15) is 0 Å². The highest BCUT2D eigenvalue weighted by molar-refractivity contribution is 7.92. The highest BCUT2D eigenvalue weighted by Gasteiger charge is 2.32. The van der Waals surface area contributed by atoms with Gasteiger partial charge in [0.15, 0.2) is 6.29 Å². The predicted molar refractivity (Wildman–Crippen MR) is 119 cm³/mol. The molecule has 0 radical (unpaired) electrons. The van der Waals surface area contributed by atoms with E-state index in [4.69, 9.17) is 14.2 Å². The lowest BCUT2D eigenvalue weighted by atomic mass is 9.95. The molecule has 0 aliphatic carbocycles. The van der Waals surface area contributed by atoms with Crippen molar-refractivity contribution in [2.75, 3.05) is 38.1 Å². The fourth-order valence-electron chi connectivity index (χ4n) is 4.06. The SMILES string of the molecule is COc1ccc(C(=O)N2CCC(C3OCCO3)CC2)cc1S(=O)(=O)Nc1ccc(C)cc1. The number of ether oxygens (including phenoxy) is 3. The van der Waals surface area contributed by atoms with Crippen molar-refractivity contribution in [1.29, 1.82) is 0 Å². The van der Waals surface area contributed by atoms with E-state index < -0.39 is 10.0 Å². The van der Waals surface area contributed by atoms with Gasteiger partial charge in [0.05, 0.1) is 20.3 Å². The van der Waals surface area contributed by atoms with Crippen LogP contribution in [0.25, 0.3) is 0 Å². The van der Waals surface area contributed by atoms with Crippen molar-refractivity contribution in [3.05, 3.63) is 53.6 Å². The number of hydrogen-bond donors (Lipinski definition) is 1. The van der Waals surface area contributed by atoms with Crippen LogP contribution in [-0.4, -0.2) is 58.9 Å². The summed E-state index contributed by atoms with van der Waals surface area (Å²) in [5.41, 5.74) is 1.77. The lowest BCUT2D eigenvalue weighted by Crippen LogP contribution is -2.41. The first kappa shape index (κ1) is 22.6. The summed E-state index contributed by atoms with van der Waals surface area (Å²) in [6, 6.07) is 11.5. The Labute approximate surface area is 188 Å². The van der Waals surface area contributed by atoms with Crippen molar-refractivity contribution in [2.45, 2.75) is 31.0 Å². The number of piperidine rings is 1. The molecule has 0 unspecified atom stereocenters. The lowest BCUT2D eigenvalue weighted by molar-refractivity contribution is -0.0956. The first-order chi connectivity index (χ1) is 15.4. The number of sulfonamides is 1. The molecule has 32 heavy (non-hydrogen) atoms. The molecule has 2 aliphatic rings. The molecule has 1 amide bonds. The molecule has 2 aromatic rings. The summed E-state index contributed by atoms with van der Waals surface area (Å²) in [5, 5.41) is 0. The molecule has 4 rings (SSSR count). The molecule has 2 aliphatic heterocycles. The summed E-state index contributed by atoms with van der Waals surface area (Å²) in [7, 11) is -2.55. The van der Waals surface area contributed by atoms with Gasteiger partial charge in [-0.1, -0.05) is 17.7 Å². The van der Waals surface area contributed by atoms with E-state index >= 15 is 0 Å². The predicted octanol–water partition coefficient (Wildman–Crippen LogP) is 3.03. The molecular formula is C23H28N2O6S. The molecule has 0 spiro atoms. The van der Waals surface area contributed by atoms with Crippen LogP contribution in [0.5, 0.6) is 5.75 Å². The van der Waals surface area contributed by atoms with E-state index in [9.17, 15) is 13.2 Å². The first-order valence-corrected chi connectivity index (χ1v) is 12.2. The third-order valence-electron chi connectivity index (χ3n) is 5.86. The van der Waals surface area contributed by atoms with Crippen LogP contribution in [0.4, 0.5) is 5.69 Å². The number of aryl methyl sites for hydroxylation is 1. The van der Waals surface area contributed by atoms with Gasteiger partial charge in [0.25, 0.3) is 15.9 Å². The minimum absolute atomic E-state index is 0.0749. The Morgan fingerprint density at radius 1 is 1.06 bits per heavy atom. The van der Waals surface area contributed by atoms with Crippen LogP contribution in [-0.2, 0) is 19.5 Å². The molecule has 9 heteroatoms. The molecule has 0 saturated carbocycles. The second-order valence-electron chi connectivity index (χ2n) is 8.08. The number of amides is 1. The van der Waals surface area contributed by atoms with Crippen molar-refractivity contribution in [3.63, 3.8) is 0 Å². The average Bonchev–Trinajstić information content (AvgIpc) is 3.35. The summed E-state index contributed by atoms with van der Waals surface area (Å²) >= 11 is 0. The number of carbonyl (C=O) groups is 1. The number of nitrogens with zero attached hydrogens (tertiary/aromatic N) is 1. The Morgan fingerprint density at radius 2 is 1.72 bits per heavy atom. The molecule has 1 N–H and O–H groups in total. The zero-order valence-electron chi connectivity index (χ0n) is 18.2. The first-order valence-electron chi connectivity index (χ1n) is 10.7. The van der Waals surface area contributed by atoms with Crippen LogP contribution in [0.2, 0.25) is 0 Å². The number of benzene rings is 2. The van der Waals surface area contributed by atoms with Gasteiger partial charge in [0.2, 0.25) is 0 Å². The molecule has 0 atom stereocenters. The van der Waals surface area contributed by atoms with E-state index in [2.05, 4.69) is 4.72 Å². The van der Waals surface area contributed by atoms with E-state index in [1.807, 2.05) is 19.1 Å². The van der Waals surface area contributed by atoms with Crippen LogP contribution in [0.15, 0.2) is 47.4 Å². The van der Waals surface area contributed by atoms with Gasteiger partial charge in [-0.25, -0.2) is 8.42 Å². The van der Waals surface area contributed by atoms with Gasteiger partial charge in [0.1, 0.15) is 10.6 Å². The average molecular weight is 461 g/mol. The van der Waals surface area contributed by atoms with Crippen LogP contribution < -0.4 is 9.46 Å². The standard InChI is InChI=1S/C23H28N2O6S/c1-16-3-6-19(7-4-16)24-32(27,28)21-15-18(5-8-20(21)29-2)22(26)25-11-9-17(10-12-25)23-30-13-14-31-23/h3-8,15,17,23-24H,9-14H2,1-2H3. The van der Waals surface area contributed by atoms with E-state index in [1.54, 1.807) is 23.1 Å². The van der Waals surface area contributed by atoms with Gasteiger partial charge in [0, 0.05) is 30.3 Å². The number of methoxy groups -OCH3 is 1. The summed E-state index contributed by atoms with van der Waals surface area (Å²) in [6.45, 7) is 4.30. The number of carbonyl (C=O) groups excluding carboxylic acids is 1.